The summed E-state index contributed by atoms with van der Waals surface area (Å²) in [6, 6.07) is 10.7. The fourth-order valence-electron chi connectivity index (χ4n) is 3.19. The highest BCUT2D eigenvalue weighted by Gasteiger charge is 2.32. The fraction of sp³-hybridized carbons (Fsp3) is 0.333. The maximum atomic E-state index is 6.20. The molecule has 1 saturated carbocycles. The molecular weight excluding hydrogens is 310 g/mol. The molecule has 0 atom stereocenters. The minimum absolute atomic E-state index is 0.315. The molecule has 3 aromatic rings. The second kappa shape index (κ2) is 5.95. The summed E-state index contributed by atoms with van der Waals surface area (Å²) in [5.41, 5.74) is 3.27. The SMILES string of the molecule is Cc1cn(C2CC(OCc3ccccc3)C2)c2ncnc(Cl)c12. The van der Waals surface area contributed by atoms with Crippen LogP contribution in [0.5, 0.6) is 0 Å². The molecule has 0 radical (unpaired) electrons. The van der Waals surface area contributed by atoms with Gasteiger partial charge in [-0.05, 0) is 30.9 Å². The van der Waals surface area contributed by atoms with Crippen molar-refractivity contribution in [1.29, 1.82) is 0 Å². The number of rotatable bonds is 4. The van der Waals surface area contributed by atoms with Crippen molar-refractivity contribution in [2.24, 2.45) is 0 Å². The summed E-state index contributed by atoms with van der Waals surface area (Å²) in [4.78, 5) is 8.49. The molecule has 0 bridgehead atoms. The van der Waals surface area contributed by atoms with Crippen LogP contribution in [0.15, 0.2) is 42.9 Å². The van der Waals surface area contributed by atoms with Gasteiger partial charge in [-0.25, -0.2) is 9.97 Å². The van der Waals surface area contributed by atoms with Crippen LogP contribution in [-0.4, -0.2) is 20.6 Å². The summed E-state index contributed by atoms with van der Waals surface area (Å²) in [6.45, 7) is 2.73. The van der Waals surface area contributed by atoms with Crippen LogP contribution < -0.4 is 0 Å². The lowest BCUT2D eigenvalue weighted by atomic mass is 9.89. The number of fused-ring (bicyclic) bond motifs is 1. The van der Waals surface area contributed by atoms with E-state index in [4.69, 9.17) is 16.3 Å². The minimum atomic E-state index is 0.315. The molecule has 4 nitrogen and oxygen atoms in total. The van der Waals surface area contributed by atoms with Crippen molar-refractivity contribution in [3.63, 3.8) is 0 Å². The lowest BCUT2D eigenvalue weighted by Crippen LogP contribution is -2.33. The average Bonchev–Trinajstić information content (AvgIpc) is 2.85. The number of nitrogens with zero attached hydrogens (tertiary/aromatic N) is 3. The third kappa shape index (κ3) is 2.73. The zero-order chi connectivity index (χ0) is 15.8. The second-order valence-corrected chi connectivity index (χ2v) is 6.48. The van der Waals surface area contributed by atoms with E-state index in [1.54, 1.807) is 0 Å². The largest absolute Gasteiger partial charge is 0.373 e. The third-order valence-electron chi connectivity index (χ3n) is 4.54. The number of halogens is 1. The van der Waals surface area contributed by atoms with E-state index in [1.807, 2.05) is 18.2 Å². The van der Waals surface area contributed by atoms with Crippen molar-refractivity contribution in [2.75, 3.05) is 0 Å². The highest BCUT2D eigenvalue weighted by Crippen LogP contribution is 2.38. The summed E-state index contributed by atoms with van der Waals surface area (Å²) >= 11 is 6.20. The first-order chi connectivity index (χ1) is 11.2. The Morgan fingerprint density at radius 2 is 2.00 bits per heavy atom. The molecule has 0 saturated heterocycles. The first-order valence-electron chi connectivity index (χ1n) is 7.85. The first kappa shape index (κ1) is 14.7. The lowest BCUT2D eigenvalue weighted by molar-refractivity contribution is -0.0348. The van der Waals surface area contributed by atoms with Crippen molar-refractivity contribution in [1.82, 2.24) is 14.5 Å². The molecule has 1 aromatic carbocycles. The van der Waals surface area contributed by atoms with Gasteiger partial charge >= 0.3 is 0 Å². The van der Waals surface area contributed by atoms with Gasteiger partial charge in [-0.2, -0.15) is 0 Å². The number of benzene rings is 1. The Hall–Kier alpha value is -1.91. The normalized spacial score (nSPS) is 20.6. The van der Waals surface area contributed by atoms with E-state index >= 15 is 0 Å². The Morgan fingerprint density at radius 1 is 1.22 bits per heavy atom. The van der Waals surface area contributed by atoms with Gasteiger partial charge in [0.1, 0.15) is 17.1 Å². The third-order valence-corrected chi connectivity index (χ3v) is 4.83. The number of hydrogen-bond acceptors (Lipinski definition) is 3. The monoisotopic (exact) mass is 327 g/mol. The molecule has 1 aliphatic rings. The van der Waals surface area contributed by atoms with Gasteiger partial charge in [0.05, 0.1) is 18.1 Å². The van der Waals surface area contributed by atoms with Crippen molar-refractivity contribution >= 4 is 22.6 Å². The van der Waals surface area contributed by atoms with E-state index < -0.39 is 0 Å². The van der Waals surface area contributed by atoms with Crippen LogP contribution in [0.4, 0.5) is 0 Å². The molecule has 0 amide bonds. The van der Waals surface area contributed by atoms with E-state index in [9.17, 15) is 0 Å². The van der Waals surface area contributed by atoms with Crippen LogP contribution >= 0.6 is 11.6 Å². The second-order valence-electron chi connectivity index (χ2n) is 6.13. The molecular formula is C18H18ClN3O. The minimum Gasteiger partial charge on any atom is -0.373 e. The summed E-state index contributed by atoms with van der Waals surface area (Å²) in [5.74, 6) is 0. The number of aryl methyl sites for hydroxylation is 1. The van der Waals surface area contributed by atoms with Crippen molar-refractivity contribution < 1.29 is 4.74 Å². The molecule has 4 rings (SSSR count). The molecule has 1 aliphatic carbocycles. The van der Waals surface area contributed by atoms with Gasteiger partial charge < -0.3 is 9.30 Å². The Labute approximate surface area is 140 Å². The average molecular weight is 328 g/mol. The van der Waals surface area contributed by atoms with Crippen LogP contribution in [0.1, 0.15) is 30.0 Å². The van der Waals surface area contributed by atoms with E-state index in [0.717, 1.165) is 29.4 Å². The van der Waals surface area contributed by atoms with Gasteiger partial charge in [0.25, 0.3) is 0 Å². The Morgan fingerprint density at radius 3 is 2.78 bits per heavy atom. The van der Waals surface area contributed by atoms with Gasteiger partial charge in [0.2, 0.25) is 0 Å². The predicted octanol–water partition coefficient (Wildman–Crippen LogP) is 4.31. The topological polar surface area (TPSA) is 39.9 Å². The lowest BCUT2D eigenvalue weighted by Gasteiger charge is -2.36. The zero-order valence-electron chi connectivity index (χ0n) is 12.9. The highest BCUT2D eigenvalue weighted by molar-refractivity contribution is 6.34. The van der Waals surface area contributed by atoms with E-state index in [1.165, 1.54) is 11.9 Å². The van der Waals surface area contributed by atoms with Crippen molar-refractivity contribution in [3.05, 3.63) is 59.1 Å². The smallest absolute Gasteiger partial charge is 0.145 e. The number of ether oxygens (including phenoxy) is 1. The quantitative estimate of drug-likeness (QED) is 0.670. The van der Waals surface area contributed by atoms with Crippen molar-refractivity contribution in [2.45, 2.75) is 38.5 Å². The Bertz CT molecular complexity index is 825. The highest BCUT2D eigenvalue weighted by atomic mass is 35.5. The Balaban J connectivity index is 1.43. The summed E-state index contributed by atoms with van der Waals surface area (Å²) in [7, 11) is 0. The fourth-order valence-corrected chi connectivity index (χ4v) is 3.47. The summed E-state index contributed by atoms with van der Waals surface area (Å²) in [6.07, 6.45) is 6.00. The molecule has 2 heterocycles. The van der Waals surface area contributed by atoms with Crippen LogP contribution in [0, 0.1) is 6.92 Å². The molecule has 0 spiro atoms. The number of aromatic nitrogens is 3. The molecule has 0 N–H and O–H groups in total. The van der Waals surface area contributed by atoms with Crippen molar-refractivity contribution in [3.8, 4) is 0 Å². The molecule has 118 valence electrons. The first-order valence-corrected chi connectivity index (χ1v) is 8.23. The Kier molecular flexibility index (Phi) is 3.79. The molecule has 23 heavy (non-hydrogen) atoms. The zero-order valence-corrected chi connectivity index (χ0v) is 13.7. The molecule has 0 aliphatic heterocycles. The summed E-state index contributed by atoms with van der Waals surface area (Å²) in [5, 5.41) is 1.49. The maximum Gasteiger partial charge on any atom is 0.145 e. The standard InChI is InChI=1S/C18H18ClN3O/c1-12-9-22(18-16(12)17(19)20-11-21-18)14-7-15(8-14)23-10-13-5-3-2-4-6-13/h2-6,9,11,14-15H,7-8,10H2,1H3. The molecule has 1 fully saturated rings. The molecule has 5 heteroatoms. The van der Waals surface area contributed by atoms with Crippen LogP contribution in [0.2, 0.25) is 5.15 Å². The van der Waals surface area contributed by atoms with Crippen LogP contribution in [0.3, 0.4) is 0 Å². The summed E-state index contributed by atoms with van der Waals surface area (Å²) < 4.78 is 8.21. The van der Waals surface area contributed by atoms with Crippen LogP contribution in [0.25, 0.3) is 11.0 Å². The molecule has 2 aromatic heterocycles. The van der Waals surface area contributed by atoms with Gasteiger partial charge in [-0.3, -0.25) is 0 Å². The molecule has 0 unspecified atom stereocenters. The van der Waals surface area contributed by atoms with Gasteiger partial charge in [-0.15, -0.1) is 0 Å². The predicted molar refractivity (Wildman–Crippen MR) is 90.6 cm³/mol. The van der Waals surface area contributed by atoms with Gasteiger partial charge in [0, 0.05) is 12.2 Å². The van der Waals surface area contributed by atoms with E-state index in [2.05, 4.69) is 39.8 Å². The van der Waals surface area contributed by atoms with E-state index in [0.29, 0.717) is 23.9 Å². The van der Waals surface area contributed by atoms with Crippen LogP contribution in [-0.2, 0) is 11.3 Å². The van der Waals surface area contributed by atoms with Gasteiger partial charge in [-0.1, -0.05) is 41.9 Å². The van der Waals surface area contributed by atoms with Gasteiger partial charge in [0.15, 0.2) is 0 Å². The number of hydrogen-bond donors (Lipinski definition) is 0. The maximum absolute atomic E-state index is 6.20. The van der Waals surface area contributed by atoms with E-state index in [-0.39, 0.29) is 0 Å².